The summed E-state index contributed by atoms with van der Waals surface area (Å²) in [4.78, 5) is 26.8. The third-order valence-corrected chi connectivity index (χ3v) is 4.84. The number of amides is 1. The molecule has 0 spiro atoms. The van der Waals surface area contributed by atoms with E-state index in [1.807, 2.05) is 35.2 Å². The summed E-state index contributed by atoms with van der Waals surface area (Å²) in [6, 6.07) is 11.4. The minimum atomic E-state index is -0.338. The molecule has 25 heavy (non-hydrogen) atoms. The molecule has 132 valence electrons. The van der Waals surface area contributed by atoms with Gasteiger partial charge in [0, 0.05) is 18.4 Å². The van der Waals surface area contributed by atoms with Crippen molar-refractivity contribution in [3.05, 3.63) is 42.0 Å². The number of carbonyl (C=O) groups is 2. The fraction of sp³-hybridized carbons (Fsp3) is 0.429. The van der Waals surface area contributed by atoms with Crippen LogP contribution in [0.15, 0.2) is 36.4 Å². The van der Waals surface area contributed by atoms with E-state index in [2.05, 4.69) is 6.92 Å². The molecule has 1 atom stereocenters. The molecular weight excluding hydrogens is 314 g/mol. The van der Waals surface area contributed by atoms with Gasteiger partial charge in [-0.05, 0) is 36.8 Å². The first kappa shape index (κ1) is 17.5. The lowest BCUT2D eigenvalue weighted by Gasteiger charge is -2.20. The fourth-order valence-corrected chi connectivity index (χ4v) is 3.63. The van der Waals surface area contributed by atoms with Crippen molar-refractivity contribution < 1.29 is 14.3 Å². The summed E-state index contributed by atoms with van der Waals surface area (Å²) in [5.41, 5.74) is 1.35. The molecule has 1 unspecified atom stereocenters. The van der Waals surface area contributed by atoms with Crippen LogP contribution in [0.5, 0.6) is 0 Å². The molecule has 4 nitrogen and oxygen atoms in total. The molecule has 1 amide bonds. The Kier molecular flexibility index (Phi) is 5.37. The lowest BCUT2D eigenvalue weighted by atomic mass is 10.0. The second kappa shape index (κ2) is 7.68. The Morgan fingerprint density at radius 3 is 2.68 bits per heavy atom. The highest BCUT2D eigenvalue weighted by atomic mass is 16.5. The first-order chi connectivity index (χ1) is 12.2. The van der Waals surface area contributed by atoms with Crippen LogP contribution in [0.25, 0.3) is 10.8 Å². The van der Waals surface area contributed by atoms with Gasteiger partial charge in [-0.3, -0.25) is 4.79 Å². The van der Waals surface area contributed by atoms with Gasteiger partial charge in [0.15, 0.2) is 0 Å². The van der Waals surface area contributed by atoms with E-state index < -0.39 is 0 Å². The number of nitrogens with zero attached hydrogens (tertiary/aromatic N) is 1. The number of carbonyl (C=O) groups excluding carboxylic acids is 2. The van der Waals surface area contributed by atoms with Crippen LogP contribution < -0.4 is 4.90 Å². The molecule has 0 aromatic heterocycles. The van der Waals surface area contributed by atoms with Crippen molar-refractivity contribution in [1.29, 1.82) is 0 Å². The summed E-state index contributed by atoms with van der Waals surface area (Å²) in [5.74, 6) is 0.208. The summed E-state index contributed by atoms with van der Waals surface area (Å²) in [7, 11) is 0. The number of ether oxygens (including phenoxy) is 1. The van der Waals surface area contributed by atoms with E-state index in [0.29, 0.717) is 24.5 Å². The predicted molar refractivity (Wildman–Crippen MR) is 99.9 cm³/mol. The van der Waals surface area contributed by atoms with E-state index in [-0.39, 0.29) is 11.9 Å². The van der Waals surface area contributed by atoms with Gasteiger partial charge in [-0.1, -0.05) is 44.0 Å². The number of hydrogen-bond acceptors (Lipinski definition) is 3. The van der Waals surface area contributed by atoms with Crippen LogP contribution >= 0.6 is 0 Å². The molecule has 1 heterocycles. The highest BCUT2D eigenvalue weighted by molar-refractivity contribution is 6.13. The van der Waals surface area contributed by atoms with Crippen LogP contribution in [0.1, 0.15) is 49.9 Å². The SMILES string of the molecule is CCCCC1CC(=O)N(c2cccc3cccc(C(=O)OCC)c23)C1. The summed E-state index contributed by atoms with van der Waals surface area (Å²) in [5, 5.41) is 1.76. The maximum absolute atomic E-state index is 12.6. The third-order valence-electron chi connectivity index (χ3n) is 4.84. The highest BCUT2D eigenvalue weighted by Crippen LogP contribution is 2.35. The van der Waals surface area contributed by atoms with Crippen molar-refractivity contribution in [1.82, 2.24) is 0 Å². The minimum Gasteiger partial charge on any atom is -0.462 e. The zero-order valence-corrected chi connectivity index (χ0v) is 15.0. The number of esters is 1. The Hall–Kier alpha value is -2.36. The Bertz CT molecular complexity index is 779. The van der Waals surface area contributed by atoms with E-state index in [4.69, 9.17) is 4.74 Å². The standard InChI is InChI=1S/C21H25NO3/c1-3-5-8-15-13-19(23)22(14-15)18-12-7-10-16-9-6-11-17(20(16)18)21(24)25-4-2/h6-7,9-12,15H,3-5,8,13-14H2,1-2H3. The van der Waals surface area contributed by atoms with E-state index in [1.165, 1.54) is 0 Å². The molecule has 1 fully saturated rings. The van der Waals surface area contributed by atoms with Gasteiger partial charge in [0.2, 0.25) is 5.91 Å². The molecule has 0 saturated carbocycles. The molecule has 0 radical (unpaired) electrons. The molecule has 4 heteroatoms. The van der Waals surface area contributed by atoms with Gasteiger partial charge in [-0.15, -0.1) is 0 Å². The molecule has 0 aliphatic carbocycles. The molecule has 0 N–H and O–H groups in total. The number of anilines is 1. The second-order valence-corrected chi connectivity index (χ2v) is 6.62. The van der Waals surface area contributed by atoms with E-state index >= 15 is 0 Å². The van der Waals surface area contributed by atoms with Crippen LogP contribution in [0, 0.1) is 5.92 Å². The molecule has 2 aromatic carbocycles. The number of unbranched alkanes of at least 4 members (excludes halogenated alkanes) is 1. The van der Waals surface area contributed by atoms with Crippen molar-refractivity contribution in [3.63, 3.8) is 0 Å². The average Bonchev–Trinajstić information content (AvgIpc) is 2.99. The van der Waals surface area contributed by atoms with E-state index in [1.54, 1.807) is 13.0 Å². The average molecular weight is 339 g/mol. The van der Waals surface area contributed by atoms with Gasteiger partial charge >= 0.3 is 5.97 Å². The Morgan fingerprint density at radius 1 is 1.20 bits per heavy atom. The molecule has 2 aromatic rings. The van der Waals surface area contributed by atoms with Gasteiger partial charge in [0.1, 0.15) is 0 Å². The van der Waals surface area contributed by atoms with Crippen molar-refractivity contribution in [2.24, 2.45) is 5.92 Å². The lowest BCUT2D eigenvalue weighted by Crippen LogP contribution is -2.25. The van der Waals surface area contributed by atoms with Crippen LogP contribution in [-0.2, 0) is 9.53 Å². The van der Waals surface area contributed by atoms with Crippen LogP contribution in [0.4, 0.5) is 5.69 Å². The van der Waals surface area contributed by atoms with Gasteiger partial charge in [0.05, 0.1) is 17.9 Å². The minimum absolute atomic E-state index is 0.146. The highest BCUT2D eigenvalue weighted by Gasteiger charge is 2.31. The topological polar surface area (TPSA) is 46.6 Å². The van der Waals surface area contributed by atoms with Crippen LogP contribution in [0.3, 0.4) is 0 Å². The Balaban J connectivity index is 2.02. The monoisotopic (exact) mass is 339 g/mol. The zero-order chi connectivity index (χ0) is 17.8. The Labute approximate surface area is 148 Å². The van der Waals surface area contributed by atoms with Crippen LogP contribution in [0.2, 0.25) is 0 Å². The van der Waals surface area contributed by atoms with E-state index in [0.717, 1.165) is 42.3 Å². The predicted octanol–water partition coefficient (Wildman–Crippen LogP) is 4.56. The quantitative estimate of drug-likeness (QED) is 0.725. The molecule has 1 aliphatic rings. The van der Waals surface area contributed by atoms with Crippen molar-refractivity contribution >= 4 is 28.3 Å². The van der Waals surface area contributed by atoms with Crippen molar-refractivity contribution in [3.8, 4) is 0 Å². The maximum Gasteiger partial charge on any atom is 0.338 e. The smallest absolute Gasteiger partial charge is 0.338 e. The first-order valence-corrected chi connectivity index (χ1v) is 9.15. The number of benzene rings is 2. The molecule has 1 saturated heterocycles. The molecule has 0 bridgehead atoms. The first-order valence-electron chi connectivity index (χ1n) is 9.15. The maximum atomic E-state index is 12.6. The second-order valence-electron chi connectivity index (χ2n) is 6.62. The van der Waals surface area contributed by atoms with Gasteiger partial charge in [0.25, 0.3) is 0 Å². The van der Waals surface area contributed by atoms with Gasteiger partial charge < -0.3 is 9.64 Å². The molecule has 3 rings (SSSR count). The Morgan fingerprint density at radius 2 is 1.96 bits per heavy atom. The van der Waals surface area contributed by atoms with Crippen LogP contribution in [-0.4, -0.2) is 25.0 Å². The normalized spacial score (nSPS) is 17.3. The fourth-order valence-electron chi connectivity index (χ4n) is 3.63. The summed E-state index contributed by atoms with van der Waals surface area (Å²) < 4.78 is 5.21. The number of hydrogen-bond donors (Lipinski definition) is 0. The molecular formula is C21H25NO3. The largest absolute Gasteiger partial charge is 0.462 e. The van der Waals surface area contributed by atoms with Gasteiger partial charge in [-0.2, -0.15) is 0 Å². The van der Waals surface area contributed by atoms with Gasteiger partial charge in [-0.25, -0.2) is 4.79 Å². The third kappa shape index (κ3) is 3.53. The lowest BCUT2D eigenvalue weighted by molar-refractivity contribution is -0.117. The summed E-state index contributed by atoms with van der Waals surface area (Å²) in [6.45, 7) is 5.03. The van der Waals surface area contributed by atoms with E-state index in [9.17, 15) is 9.59 Å². The zero-order valence-electron chi connectivity index (χ0n) is 15.0. The number of fused-ring (bicyclic) bond motifs is 1. The van der Waals surface area contributed by atoms with Crippen molar-refractivity contribution in [2.45, 2.75) is 39.5 Å². The summed E-state index contributed by atoms with van der Waals surface area (Å²) in [6.07, 6.45) is 3.97. The van der Waals surface area contributed by atoms with Crippen molar-refractivity contribution in [2.75, 3.05) is 18.1 Å². The molecule has 1 aliphatic heterocycles. The number of rotatable bonds is 6. The summed E-state index contributed by atoms with van der Waals surface area (Å²) >= 11 is 0.